The molecule has 1 rings (SSSR count). The van der Waals surface area contributed by atoms with E-state index in [0.717, 1.165) is 0 Å². The molecule has 0 aromatic heterocycles. The Kier molecular flexibility index (Phi) is 3.75. The number of hydrogen-bond donors (Lipinski definition) is 1. The highest BCUT2D eigenvalue weighted by Crippen LogP contribution is 2.35. The van der Waals surface area contributed by atoms with E-state index in [0.29, 0.717) is 12.0 Å². The molecular weight excluding hydrogens is 212 g/mol. The molecule has 0 spiro atoms. The van der Waals surface area contributed by atoms with Gasteiger partial charge in [0, 0.05) is 0 Å². The van der Waals surface area contributed by atoms with Crippen LogP contribution in [0.3, 0.4) is 0 Å². The van der Waals surface area contributed by atoms with Gasteiger partial charge in [-0.15, -0.1) is 11.6 Å². The summed E-state index contributed by atoms with van der Waals surface area (Å²) >= 11 is 6.20. The van der Waals surface area contributed by atoms with Gasteiger partial charge in [-0.3, -0.25) is 0 Å². The Bertz CT molecular complexity index is 335. The Morgan fingerprint density at radius 1 is 1.40 bits per heavy atom. The fourth-order valence-corrected chi connectivity index (χ4v) is 2.03. The molecule has 82 valence electrons. The van der Waals surface area contributed by atoms with E-state index in [9.17, 15) is 9.90 Å². The fraction of sp³-hybridized carbons (Fsp3) is 0.417. The second-order valence-electron chi connectivity index (χ2n) is 4.07. The number of aliphatic carboxylic acids is 1. The van der Waals surface area contributed by atoms with Gasteiger partial charge in [-0.2, -0.15) is 0 Å². The second-order valence-corrected chi connectivity index (χ2v) is 4.72. The number of benzene rings is 1. The van der Waals surface area contributed by atoms with Crippen LogP contribution < -0.4 is 0 Å². The zero-order valence-electron chi connectivity index (χ0n) is 8.90. The van der Waals surface area contributed by atoms with E-state index in [4.69, 9.17) is 11.6 Å². The number of halogens is 1. The van der Waals surface area contributed by atoms with E-state index in [1.807, 2.05) is 19.9 Å². The zero-order valence-corrected chi connectivity index (χ0v) is 9.66. The number of carboxylic acid groups (broad SMARTS) is 1. The van der Waals surface area contributed by atoms with Crippen LogP contribution in [0, 0.1) is 5.92 Å². The van der Waals surface area contributed by atoms with Crippen molar-refractivity contribution < 1.29 is 9.90 Å². The molecule has 0 radical (unpaired) electrons. The van der Waals surface area contributed by atoms with Crippen molar-refractivity contribution in [2.75, 3.05) is 0 Å². The first kappa shape index (κ1) is 12.1. The van der Waals surface area contributed by atoms with Crippen molar-refractivity contribution in [1.29, 1.82) is 0 Å². The molecule has 0 aliphatic heterocycles. The molecule has 3 heteroatoms. The van der Waals surface area contributed by atoms with E-state index < -0.39 is 10.8 Å². The molecule has 15 heavy (non-hydrogen) atoms. The number of rotatable bonds is 4. The van der Waals surface area contributed by atoms with Crippen molar-refractivity contribution in [2.45, 2.75) is 25.1 Å². The average Bonchev–Trinajstić information content (AvgIpc) is 2.17. The van der Waals surface area contributed by atoms with Crippen molar-refractivity contribution in [3.63, 3.8) is 0 Å². The van der Waals surface area contributed by atoms with E-state index in [1.54, 1.807) is 24.3 Å². The summed E-state index contributed by atoms with van der Waals surface area (Å²) in [4.78, 5) is 9.93. The van der Waals surface area contributed by atoms with E-state index in [2.05, 4.69) is 0 Å². The van der Waals surface area contributed by atoms with E-state index >= 15 is 0 Å². The van der Waals surface area contributed by atoms with Gasteiger partial charge in [0.2, 0.25) is 0 Å². The molecule has 1 aromatic carbocycles. The van der Waals surface area contributed by atoms with E-state index in [-0.39, 0.29) is 5.92 Å². The van der Waals surface area contributed by atoms with Crippen LogP contribution in [0.15, 0.2) is 30.3 Å². The highest BCUT2D eigenvalue weighted by Gasteiger charge is 2.38. The summed E-state index contributed by atoms with van der Waals surface area (Å²) in [5.74, 6) is -0.747. The largest absolute Gasteiger partial charge is 0.480 e. The predicted octanol–water partition coefficient (Wildman–Crippen LogP) is 3.25. The lowest BCUT2D eigenvalue weighted by Crippen LogP contribution is -2.31. The molecule has 0 fully saturated rings. The maximum atomic E-state index is 11.2. The normalized spacial score (nSPS) is 14.9. The first-order chi connectivity index (χ1) is 6.97. The van der Waals surface area contributed by atoms with Crippen LogP contribution in [-0.4, -0.2) is 11.1 Å². The smallest absolute Gasteiger partial charge is 0.329 e. The first-order valence-electron chi connectivity index (χ1n) is 4.94. The van der Waals surface area contributed by atoms with Crippen LogP contribution in [0.4, 0.5) is 0 Å². The number of carboxylic acids is 1. The Labute approximate surface area is 94.9 Å². The minimum Gasteiger partial charge on any atom is -0.480 e. The molecule has 0 saturated carbocycles. The van der Waals surface area contributed by atoms with E-state index in [1.165, 1.54) is 0 Å². The summed E-state index contributed by atoms with van der Waals surface area (Å²) in [7, 11) is 0. The SMILES string of the molecule is CC(C)CC(Cl)(C(=O)O)c1ccccc1. The number of alkyl halides is 1. The Morgan fingerprint density at radius 2 is 1.93 bits per heavy atom. The van der Waals surface area contributed by atoms with Gasteiger partial charge < -0.3 is 5.11 Å². The third kappa shape index (κ3) is 2.72. The monoisotopic (exact) mass is 226 g/mol. The molecule has 1 aromatic rings. The average molecular weight is 227 g/mol. The van der Waals surface area contributed by atoms with Crippen LogP contribution in [0.5, 0.6) is 0 Å². The summed E-state index contributed by atoms with van der Waals surface area (Å²) in [6.07, 6.45) is 0.425. The molecule has 0 amide bonds. The van der Waals surface area contributed by atoms with Crippen molar-refractivity contribution in [2.24, 2.45) is 5.92 Å². The van der Waals surface area contributed by atoms with Gasteiger partial charge >= 0.3 is 5.97 Å². The molecule has 1 atom stereocenters. The molecular formula is C12H15ClO2. The van der Waals surface area contributed by atoms with Gasteiger partial charge in [-0.25, -0.2) is 4.79 Å². The topological polar surface area (TPSA) is 37.3 Å². The fourth-order valence-electron chi connectivity index (χ4n) is 1.59. The van der Waals surface area contributed by atoms with Crippen LogP contribution >= 0.6 is 11.6 Å². The van der Waals surface area contributed by atoms with Crippen molar-refractivity contribution in [3.8, 4) is 0 Å². The van der Waals surface area contributed by atoms with Gasteiger partial charge in [-0.05, 0) is 17.9 Å². The Morgan fingerprint density at radius 3 is 2.33 bits per heavy atom. The lowest BCUT2D eigenvalue weighted by Gasteiger charge is -2.24. The lowest BCUT2D eigenvalue weighted by atomic mass is 9.89. The number of carbonyl (C=O) groups is 1. The van der Waals surface area contributed by atoms with Crippen molar-refractivity contribution in [3.05, 3.63) is 35.9 Å². The number of hydrogen-bond acceptors (Lipinski definition) is 1. The quantitative estimate of drug-likeness (QED) is 0.801. The van der Waals surface area contributed by atoms with Crippen LogP contribution in [-0.2, 0) is 9.67 Å². The van der Waals surface area contributed by atoms with Gasteiger partial charge in [-0.1, -0.05) is 44.2 Å². The second kappa shape index (κ2) is 4.67. The van der Waals surface area contributed by atoms with Gasteiger partial charge in [0.1, 0.15) is 0 Å². The van der Waals surface area contributed by atoms with Crippen molar-refractivity contribution in [1.82, 2.24) is 0 Å². The summed E-state index contributed by atoms with van der Waals surface area (Å²) in [6.45, 7) is 3.92. The minimum absolute atomic E-state index is 0.235. The van der Waals surface area contributed by atoms with Crippen molar-refractivity contribution >= 4 is 17.6 Å². The van der Waals surface area contributed by atoms with Gasteiger partial charge in [0.05, 0.1) is 0 Å². The molecule has 0 aliphatic rings. The van der Waals surface area contributed by atoms with Crippen LogP contribution in [0.25, 0.3) is 0 Å². The maximum absolute atomic E-state index is 11.2. The highest BCUT2D eigenvalue weighted by molar-refractivity contribution is 6.33. The molecule has 1 N–H and O–H groups in total. The van der Waals surface area contributed by atoms with Crippen LogP contribution in [0.2, 0.25) is 0 Å². The van der Waals surface area contributed by atoms with Gasteiger partial charge in [0.15, 0.2) is 4.87 Å². The van der Waals surface area contributed by atoms with Crippen LogP contribution in [0.1, 0.15) is 25.8 Å². The summed E-state index contributed by atoms with van der Waals surface area (Å²) in [6, 6.07) is 8.95. The Hall–Kier alpha value is -1.02. The summed E-state index contributed by atoms with van der Waals surface area (Å²) in [5, 5.41) is 9.20. The summed E-state index contributed by atoms with van der Waals surface area (Å²) in [5.41, 5.74) is 0.646. The molecule has 1 unspecified atom stereocenters. The molecule has 2 nitrogen and oxygen atoms in total. The first-order valence-corrected chi connectivity index (χ1v) is 5.32. The zero-order chi connectivity index (χ0) is 11.5. The van der Waals surface area contributed by atoms with Gasteiger partial charge in [0.25, 0.3) is 0 Å². The molecule has 0 aliphatic carbocycles. The highest BCUT2D eigenvalue weighted by atomic mass is 35.5. The lowest BCUT2D eigenvalue weighted by molar-refractivity contribution is -0.141. The Balaban J connectivity index is 3.07. The summed E-state index contributed by atoms with van der Waals surface area (Å²) < 4.78 is 0. The standard InChI is InChI=1S/C12H15ClO2/c1-9(2)8-12(13,11(14)15)10-6-4-3-5-7-10/h3-7,9H,8H2,1-2H3,(H,14,15). The minimum atomic E-state index is -1.30. The molecule has 0 heterocycles. The molecule has 0 saturated heterocycles. The third-order valence-electron chi connectivity index (χ3n) is 2.26. The predicted molar refractivity (Wildman–Crippen MR) is 61.1 cm³/mol. The third-order valence-corrected chi connectivity index (χ3v) is 2.79. The molecule has 0 bridgehead atoms. The maximum Gasteiger partial charge on any atom is 0.329 e.